The van der Waals surface area contributed by atoms with E-state index >= 15 is 0 Å². The summed E-state index contributed by atoms with van der Waals surface area (Å²) >= 11 is 0. The molecule has 15 heavy (non-hydrogen) atoms. The lowest BCUT2D eigenvalue weighted by atomic mass is 10.2. The second kappa shape index (κ2) is 12.7. The van der Waals surface area contributed by atoms with E-state index in [2.05, 4.69) is 23.6 Å². The molecule has 0 aromatic heterocycles. The predicted molar refractivity (Wildman–Crippen MR) is 75.2 cm³/mol. The van der Waals surface area contributed by atoms with Crippen LogP contribution in [-0.4, -0.2) is 26.6 Å². The average Bonchev–Trinajstić information content (AvgIpc) is 2.24. The van der Waals surface area contributed by atoms with Crippen molar-refractivity contribution >= 4 is 26.6 Å². The molecule has 0 aromatic carbocycles. The van der Waals surface area contributed by atoms with E-state index in [1.807, 2.05) is 0 Å². The summed E-state index contributed by atoms with van der Waals surface area (Å²) in [5, 5.41) is 0. The van der Waals surface area contributed by atoms with Gasteiger partial charge in [-0.1, -0.05) is 77.3 Å². The van der Waals surface area contributed by atoms with Gasteiger partial charge in [0.1, 0.15) is 0 Å². The second-order valence-corrected chi connectivity index (χ2v) is 12.8. The quantitative estimate of drug-likeness (QED) is 0.387. The average molecular weight is 255 g/mol. The van der Waals surface area contributed by atoms with Crippen LogP contribution in [0.25, 0.3) is 0 Å². The maximum atomic E-state index is 3.96. The highest BCUT2D eigenvalue weighted by molar-refractivity contribution is 7.34. The summed E-state index contributed by atoms with van der Waals surface area (Å²) in [7, 11) is 5.08. The topological polar surface area (TPSA) is 0 Å². The molecule has 0 spiro atoms. The number of hydrogen-bond donors (Lipinski definition) is 0. The predicted octanol–water partition coefficient (Wildman–Crippen LogP) is 3.93. The molecule has 0 fully saturated rings. The number of hydrogen-bond acceptors (Lipinski definition) is 0. The van der Waals surface area contributed by atoms with Gasteiger partial charge in [0.25, 0.3) is 0 Å². The van der Waals surface area contributed by atoms with E-state index in [9.17, 15) is 0 Å². The molecule has 0 bridgehead atoms. The first-order valence-corrected chi connectivity index (χ1v) is 12.0. The largest absolute Gasteiger partial charge is 0.0654 e. The van der Waals surface area contributed by atoms with Crippen LogP contribution >= 0.6 is 0 Å². The van der Waals surface area contributed by atoms with Crippen LogP contribution in [0, 0.1) is 0 Å². The van der Waals surface area contributed by atoms with E-state index in [1.54, 1.807) is 0 Å². The van der Waals surface area contributed by atoms with Gasteiger partial charge in [0.05, 0.1) is 0 Å². The van der Waals surface area contributed by atoms with Gasteiger partial charge in [0.2, 0.25) is 0 Å². The van der Waals surface area contributed by atoms with Crippen LogP contribution < -0.4 is 0 Å². The van der Waals surface area contributed by atoms with Crippen LogP contribution in [0.2, 0.25) is 12.1 Å². The fraction of sp³-hybridized carbons (Fsp3) is 1.00. The summed E-state index contributed by atoms with van der Waals surface area (Å²) in [6.07, 6.45) is 11.4. The summed E-state index contributed by atoms with van der Waals surface area (Å²) in [6.45, 7) is 4.57. The Morgan fingerprint density at radius 2 is 1.47 bits per heavy atom. The van der Waals surface area contributed by atoms with Gasteiger partial charge in [-0.05, 0) is 0 Å². The van der Waals surface area contributed by atoms with Crippen molar-refractivity contribution in [3.05, 3.63) is 0 Å². The molecule has 0 aromatic rings. The summed E-state index contributed by atoms with van der Waals surface area (Å²) < 4.78 is 0. The van der Waals surface area contributed by atoms with E-state index < -0.39 is 0 Å². The molecule has 3 heteroatoms. The first-order valence-electron chi connectivity index (χ1n) is 6.62. The van der Waals surface area contributed by atoms with E-state index in [0.29, 0.717) is 0 Å². The minimum atomic E-state index is -0.124. The first-order chi connectivity index (χ1) is 7.31. The molecule has 0 saturated carbocycles. The fourth-order valence-electron chi connectivity index (χ4n) is 1.61. The molecule has 0 nitrogen and oxygen atoms in total. The van der Waals surface area contributed by atoms with Crippen molar-refractivity contribution in [3.63, 3.8) is 0 Å². The van der Waals surface area contributed by atoms with E-state index in [0.717, 1.165) is 0 Å². The summed E-state index contributed by atoms with van der Waals surface area (Å²) in [5.74, 6) is 0. The maximum absolute atomic E-state index is 3.96. The van der Waals surface area contributed by atoms with Crippen LogP contribution in [0.1, 0.15) is 65.2 Å². The molecule has 0 aliphatic rings. The summed E-state index contributed by atoms with van der Waals surface area (Å²) in [5.41, 5.74) is 0. The Morgan fingerprint density at radius 3 is 2.07 bits per heavy atom. The van der Waals surface area contributed by atoms with Gasteiger partial charge in [-0.2, -0.15) is 0 Å². The van der Waals surface area contributed by atoms with Crippen molar-refractivity contribution < 1.29 is 0 Å². The van der Waals surface area contributed by atoms with Gasteiger partial charge in [-0.15, -0.1) is 0 Å². The van der Waals surface area contributed by atoms with Crippen molar-refractivity contribution in [3.8, 4) is 0 Å². The zero-order chi connectivity index (χ0) is 11.4. The van der Waals surface area contributed by atoms with Gasteiger partial charge >= 0.3 is 0 Å². The van der Waals surface area contributed by atoms with Gasteiger partial charge < -0.3 is 0 Å². The van der Waals surface area contributed by atoms with E-state index in [-0.39, 0.29) is 7.83 Å². The smallest absolute Gasteiger partial charge is 0.0218 e. The Morgan fingerprint density at radius 1 is 0.867 bits per heavy atom. The zero-order valence-corrected chi connectivity index (χ0v) is 13.6. The van der Waals surface area contributed by atoms with E-state index in [1.165, 1.54) is 72.5 Å². The standard InChI is InChI=1S/C12H26Si3/c1-3-5-7-9-11-14-15(13)12-10-8-6-4-2/h3-12H2,1-2H3. The van der Waals surface area contributed by atoms with Gasteiger partial charge in [0.15, 0.2) is 0 Å². The lowest BCUT2D eigenvalue weighted by molar-refractivity contribution is 0.698. The van der Waals surface area contributed by atoms with Crippen LogP contribution in [0.3, 0.4) is 0 Å². The molecular weight excluding hydrogens is 228 g/mol. The highest BCUT2D eigenvalue weighted by Crippen LogP contribution is 2.07. The molecular formula is C12H26Si3. The molecule has 0 atom stereocenters. The molecule has 0 aliphatic carbocycles. The normalized spacial score (nSPS) is 11.2. The van der Waals surface area contributed by atoms with Crippen molar-refractivity contribution in [1.29, 1.82) is 0 Å². The Hall–Kier alpha value is 0.651. The third kappa shape index (κ3) is 12.6. The van der Waals surface area contributed by atoms with Crippen LogP contribution in [0.15, 0.2) is 0 Å². The third-order valence-corrected chi connectivity index (χ3v) is 9.65. The van der Waals surface area contributed by atoms with Gasteiger partial charge in [-0.25, -0.2) is 0 Å². The highest BCUT2D eigenvalue weighted by Gasteiger charge is 2.04. The lowest BCUT2D eigenvalue weighted by Gasteiger charge is -2.08. The molecule has 0 aliphatic heterocycles. The highest BCUT2D eigenvalue weighted by atomic mass is 29.5. The Bertz CT molecular complexity index is 117. The lowest BCUT2D eigenvalue weighted by Crippen LogP contribution is -2.22. The molecule has 0 N–H and O–H groups in total. The third-order valence-electron chi connectivity index (χ3n) is 2.65. The molecule has 0 saturated heterocycles. The van der Waals surface area contributed by atoms with E-state index in [4.69, 9.17) is 0 Å². The minimum Gasteiger partial charge on any atom is -0.0654 e. The Labute approximate surface area is 104 Å². The van der Waals surface area contributed by atoms with Crippen LogP contribution in [0.5, 0.6) is 0 Å². The van der Waals surface area contributed by atoms with Gasteiger partial charge in [0, 0.05) is 26.6 Å². The van der Waals surface area contributed by atoms with Crippen molar-refractivity contribution in [1.82, 2.24) is 0 Å². The van der Waals surface area contributed by atoms with Crippen molar-refractivity contribution in [2.45, 2.75) is 77.3 Å². The first kappa shape index (κ1) is 15.7. The SMILES string of the molecule is CCCCCC[Si][Si]([Si])CCCCCC. The molecule has 86 valence electrons. The second-order valence-electron chi connectivity index (χ2n) is 4.28. The van der Waals surface area contributed by atoms with Crippen LogP contribution in [-0.2, 0) is 0 Å². The summed E-state index contributed by atoms with van der Waals surface area (Å²) in [4.78, 5) is 0. The molecule has 6 radical (unpaired) electrons. The van der Waals surface area contributed by atoms with Crippen LogP contribution in [0.4, 0.5) is 0 Å². The maximum Gasteiger partial charge on any atom is 0.0218 e. The van der Waals surface area contributed by atoms with Crippen molar-refractivity contribution in [2.24, 2.45) is 0 Å². The number of unbranched alkanes of at least 4 members (excludes halogenated alkanes) is 6. The fourth-order valence-corrected chi connectivity index (χ4v) is 7.27. The molecule has 0 amide bonds. The molecule has 0 heterocycles. The molecule has 0 rings (SSSR count). The summed E-state index contributed by atoms with van der Waals surface area (Å²) in [6, 6.07) is 2.99. The van der Waals surface area contributed by atoms with Crippen molar-refractivity contribution in [2.75, 3.05) is 0 Å². The molecule has 0 unspecified atom stereocenters. The number of rotatable bonds is 11. The Balaban J connectivity index is 3.08. The minimum absolute atomic E-state index is 0.124. The van der Waals surface area contributed by atoms with Gasteiger partial charge in [-0.3, -0.25) is 0 Å². The Kier molecular flexibility index (Phi) is 13.3. The monoisotopic (exact) mass is 254 g/mol. The zero-order valence-electron chi connectivity index (χ0n) is 10.6.